The second-order valence-electron chi connectivity index (χ2n) is 7.32. The standard InChI is InChI=1S/C18H23N9O3/c1-10-15(30-12-5-3-4-11(8-12)17(28)29)7-6-13(20-10)16-14(27(2)26-21-16)9-19-18-22-24-25-23-18/h6-7,11-12H,3-5,8-9H2,1-2H3,(H,28,29)(H2,19,22,23,24,25)/t11-,12-/m0/s1. The first-order chi connectivity index (χ1) is 14.5. The van der Waals surface area contributed by atoms with Gasteiger partial charge in [0.2, 0.25) is 0 Å². The Balaban J connectivity index is 1.49. The average molecular weight is 413 g/mol. The molecule has 0 spiro atoms. The Morgan fingerprint density at radius 3 is 2.97 bits per heavy atom. The van der Waals surface area contributed by atoms with Gasteiger partial charge in [-0.3, -0.25) is 4.79 Å². The Kier molecular flexibility index (Phi) is 5.55. The number of nitrogens with zero attached hydrogens (tertiary/aromatic N) is 7. The van der Waals surface area contributed by atoms with Gasteiger partial charge in [-0.1, -0.05) is 10.3 Å². The van der Waals surface area contributed by atoms with Crippen LogP contribution < -0.4 is 10.1 Å². The molecule has 4 rings (SSSR count). The van der Waals surface area contributed by atoms with E-state index < -0.39 is 5.97 Å². The maximum absolute atomic E-state index is 11.3. The van der Waals surface area contributed by atoms with Gasteiger partial charge in [0.15, 0.2) is 0 Å². The van der Waals surface area contributed by atoms with Crippen molar-refractivity contribution in [3.63, 3.8) is 0 Å². The van der Waals surface area contributed by atoms with Crippen molar-refractivity contribution in [2.75, 3.05) is 5.32 Å². The summed E-state index contributed by atoms with van der Waals surface area (Å²) in [6.45, 7) is 2.26. The highest BCUT2D eigenvalue weighted by Gasteiger charge is 2.28. The van der Waals surface area contributed by atoms with Crippen LogP contribution in [-0.4, -0.2) is 57.8 Å². The number of aryl methyl sites for hydroxylation is 2. The monoisotopic (exact) mass is 413 g/mol. The van der Waals surface area contributed by atoms with Crippen LogP contribution in [0.2, 0.25) is 0 Å². The fourth-order valence-corrected chi connectivity index (χ4v) is 3.63. The molecule has 0 aromatic carbocycles. The van der Waals surface area contributed by atoms with Gasteiger partial charge in [0.05, 0.1) is 35.6 Å². The molecule has 0 saturated heterocycles. The van der Waals surface area contributed by atoms with Crippen LogP contribution >= 0.6 is 0 Å². The van der Waals surface area contributed by atoms with Crippen LogP contribution in [0.5, 0.6) is 5.75 Å². The second-order valence-corrected chi connectivity index (χ2v) is 7.32. The van der Waals surface area contributed by atoms with E-state index in [4.69, 9.17) is 4.74 Å². The van der Waals surface area contributed by atoms with Crippen molar-refractivity contribution in [3.05, 3.63) is 23.5 Å². The van der Waals surface area contributed by atoms with Crippen LogP contribution in [0.1, 0.15) is 37.1 Å². The number of aromatic amines is 1. The van der Waals surface area contributed by atoms with Gasteiger partial charge in [0.25, 0.3) is 5.95 Å². The number of pyridine rings is 1. The Labute approximate surface area is 172 Å². The maximum Gasteiger partial charge on any atom is 0.306 e. The van der Waals surface area contributed by atoms with E-state index in [-0.39, 0.29) is 12.0 Å². The van der Waals surface area contributed by atoms with Crippen molar-refractivity contribution in [1.29, 1.82) is 0 Å². The summed E-state index contributed by atoms with van der Waals surface area (Å²) in [6.07, 6.45) is 2.81. The smallest absolute Gasteiger partial charge is 0.306 e. The largest absolute Gasteiger partial charge is 0.489 e. The molecule has 0 bridgehead atoms. The lowest BCUT2D eigenvalue weighted by Gasteiger charge is -2.27. The molecule has 3 aromatic heterocycles. The number of anilines is 1. The van der Waals surface area contributed by atoms with Gasteiger partial charge in [-0.25, -0.2) is 9.67 Å². The number of nitrogens with one attached hydrogen (secondary N) is 2. The molecule has 3 heterocycles. The fourth-order valence-electron chi connectivity index (χ4n) is 3.63. The van der Waals surface area contributed by atoms with Gasteiger partial charge < -0.3 is 15.2 Å². The van der Waals surface area contributed by atoms with E-state index >= 15 is 0 Å². The lowest BCUT2D eigenvalue weighted by molar-refractivity contribution is -0.143. The van der Waals surface area contributed by atoms with Gasteiger partial charge in [0.1, 0.15) is 11.4 Å². The van der Waals surface area contributed by atoms with E-state index in [1.165, 1.54) is 0 Å². The highest BCUT2D eigenvalue weighted by molar-refractivity contribution is 5.70. The molecule has 1 aliphatic carbocycles. The molecule has 12 heteroatoms. The first-order valence-electron chi connectivity index (χ1n) is 9.74. The maximum atomic E-state index is 11.3. The highest BCUT2D eigenvalue weighted by Crippen LogP contribution is 2.30. The number of carbonyl (C=O) groups is 1. The van der Waals surface area contributed by atoms with Crippen LogP contribution in [0.15, 0.2) is 12.1 Å². The van der Waals surface area contributed by atoms with Gasteiger partial charge >= 0.3 is 5.97 Å². The number of rotatable bonds is 7. The van der Waals surface area contributed by atoms with Crippen molar-refractivity contribution < 1.29 is 14.6 Å². The van der Waals surface area contributed by atoms with Crippen LogP contribution in [0.3, 0.4) is 0 Å². The van der Waals surface area contributed by atoms with Crippen LogP contribution in [0, 0.1) is 12.8 Å². The van der Waals surface area contributed by atoms with E-state index in [1.807, 2.05) is 19.1 Å². The zero-order valence-electron chi connectivity index (χ0n) is 16.7. The molecular weight excluding hydrogens is 390 g/mol. The molecule has 3 N–H and O–H groups in total. The number of H-pyrrole nitrogens is 1. The Morgan fingerprint density at radius 2 is 2.23 bits per heavy atom. The second kappa shape index (κ2) is 8.43. The number of carboxylic acids is 1. The minimum atomic E-state index is -0.752. The molecule has 1 aliphatic rings. The minimum Gasteiger partial charge on any atom is -0.489 e. The van der Waals surface area contributed by atoms with E-state index in [0.29, 0.717) is 48.2 Å². The van der Waals surface area contributed by atoms with Gasteiger partial charge in [-0.2, -0.15) is 5.21 Å². The summed E-state index contributed by atoms with van der Waals surface area (Å²) >= 11 is 0. The topological polar surface area (TPSA) is 157 Å². The van der Waals surface area contributed by atoms with Crippen LogP contribution in [-0.2, 0) is 18.4 Å². The summed E-state index contributed by atoms with van der Waals surface area (Å²) in [5.41, 5.74) is 2.85. The first-order valence-corrected chi connectivity index (χ1v) is 9.74. The van der Waals surface area contributed by atoms with Crippen molar-refractivity contribution in [1.82, 2.24) is 40.6 Å². The Morgan fingerprint density at radius 1 is 1.37 bits per heavy atom. The number of aliphatic carboxylic acids is 1. The molecule has 30 heavy (non-hydrogen) atoms. The zero-order valence-corrected chi connectivity index (χ0v) is 16.7. The lowest BCUT2D eigenvalue weighted by Crippen LogP contribution is -2.29. The predicted octanol–water partition coefficient (Wildman–Crippen LogP) is 1.33. The SMILES string of the molecule is Cc1nc(-c2nnn(C)c2CNc2nn[nH]n2)ccc1O[C@H]1CCC[C@H](C(=O)O)C1. The van der Waals surface area contributed by atoms with Crippen LogP contribution in [0.4, 0.5) is 5.95 Å². The number of hydrogen-bond donors (Lipinski definition) is 3. The molecule has 158 valence electrons. The number of tetrazole rings is 1. The number of carboxylic acid groups (broad SMARTS) is 1. The number of ether oxygens (including phenoxy) is 1. The third kappa shape index (κ3) is 4.21. The van der Waals surface area contributed by atoms with Crippen molar-refractivity contribution in [2.45, 2.75) is 45.3 Å². The molecule has 0 radical (unpaired) electrons. The third-order valence-corrected chi connectivity index (χ3v) is 5.25. The van der Waals surface area contributed by atoms with Gasteiger partial charge in [-0.15, -0.1) is 10.2 Å². The molecule has 12 nitrogen and oxygen atoms in total. The zero-order chi connectivity index (χ0) is 21.1. The third-order valence-electron chi connectivity index (χ3n) is 5.25. The molecule has 3 aromatic rings. The number of hydrogen-bond acceptors (Lipinski definition) is 9. The van der Waals surface area contributed by atoms with Crippen molar-refractivity contribution >= 4 is 11.9 Å². The normalized spacial score (nSPS) is 18.9. The van der Waals surface area contributed by atoms with E-state index in [9.17, 15) is 9.90 Å². The molecule has 0 unspecified atom stereocenters. The molecule has 2 atom stereocenters. The van der Waals surface area contributed by atoms with Gasteiger partial charge in [-0.05, 0) is 50.0 Å². The van der Waals surface area contributed by atoms with Crippen molar-refractivity contribution in [2.24, 2.45) is 13.0 Å². The molecule has 1 saturated carbocycles. The molecular formula is C18H23N9O3. The summed E-state index contributed by atoms with van der Waals surface area (Å²) in [6, 6.07) is 3.69. The summed E-state index contributed by atoms with van der Waals surface area (Å²) in [5, 5.41) is 34.3. The highest BCUT2D eigenvalue weighted by atomic mass is 16.5. The summed E-state index contributed by atoms with van der Waals surface area (Å²) in [4.78, 5) is 15.9. The fraction of sp³-hybridized carbons (Fsp3) is 0.500. The molecule has 0 amide bonds. The number of aromatic nitrogens is 8. The van der Waals surface area contributed by atoms with E-state index in [0.717, 1.165) is 18.5 Å². The quantitative estimate of drug-likeness (QED) is 0.516. The average Bonchev–Trinajstić information content (AvgIpc) is 3.38. The first kappa shape index (κ1) is 19.7. The Hall–Kier alpha value is -3.57. The molecule has 0 aliphatic heterocycles. The van der Waals surface area contributed by atoms with Gasteiger partial charge in [0, 0.05) is 7.05 Å². The molecule has 1 fully saturated rings. The summed E-state index contributed by atoms with van der Waals surface area (Å²) in [5.74, 6) is -0.0596. The minimum absolute atomic E-state index is 0.113. The summed E-state index contributed by atoms with van der Waals surface area (Å²) < 4.78 is 7.75. The van der Waals surface area contributed by atoms with E-state index in [2.05, 4.69) is 41.2 Å². The summed E-state index contributed by atoms with van der Waals surface area (Å²) in [7, 11) is 1.80. The van der Waals surface area contributed by atoms with Crippen LogP contribution in [0.25, 0.3) is 11.4 Å². The Bertz CT molecular complexity index is 1020. The lowest BCUT2D eigenvalue weighted by atomic mass is 9.87. The van der Waals surface area contributed by atoms with Crippen molar-refractivity contribution in [3.8, 4) is 17.1 Å². The predicted molar refractivity (Wildman–Crippen MR) is 104 cm³/mol. The van der Waals surface area contributed by atoms with E-state index in [1.54, 1.807) is 11.7 Å².